The third-order valence-corrected chi connectivity index (χ3v) is 5.84. The van der Waals surface area contributed by atoms with Crippen LogP contribution in [0.5, 0.6) is 5.75 Å². The maximum Gasteiger partial charge on any atom is 0.243 e. The summed E-state index contributed by atoms with van der Waals surface area (Å²) in [6.07, 6.45) is 1.08. The average molecular weight is 425 g/mol. The fraction of sp³-hybridized carbons (Fsp3) is 0.350. The van der Waals surface area contributed by atoms with E-state index in [9.17, 15) is 13.2 Å². The van der Waals surface area contributed by atoms with Gasteiger partial charge in [-0.05, 0) is 50.6 Å². The first-order valence-corrected chi connectivity index (χ1v) is 11.0. The highest BCUT2D eigenvalue weighted by atomic mass is 35.5. The zero-order valence-corrected chi connectivity index (χ0v) is 18.0. The highest BCUT2D eigenvalue weighted by Gasteiger charge is 2.28. The van der Waals surface area contributed by atoms with Crippen molar-refractivity contribution in [2.45, 2.75) is 26.8 Å². The molecule has 28 heavy (non-hydrogen) atoms. The zero-order chi connectivity index (χ0) is 20.9. The van der Waals surface area contributed by atoms with Gasteiger partial charge >= 0.3 is 0 Å². The van der Waals surface area contributed by atoms with Crippen LogP contribution in [0.4, 0.5) is 5.69 Å². The van der Waals surface area contributed by atoms with E-state index >= 15 is 0 Å². The first-order valence-electron chi connectivity index (χ1n) is 8.82. The lowest BCUT2D eigenvalue weighted by Crippen LogP contribution is -2.48. The first-order chi connectivity index (χ1) is 13.1. The van der Waals surface area contributed by atoms with Crippen LogP contribution in [-0.4, -0.2) is 39.8 Å². The molecule has 2 rings (SSSR count). The third kappa shape index (κ3) is 5.87. The number of amides is 1. The van der Waals surface area contributed by atoms with E-state index in [-0.39, 0.29) is 13.2 Å². The van der Waals surface area contributed by atoms with Gasteiger partial charge in [-0.15, -0.1) is 0 Å². The lowest BCUT2D eigenvalue weighted by atomic mass is 10.2. The van der Waals surface area contributed by atoms with Crippen LogP contribution in [0.2, 0.25) is 5.02 Å². The molecule has 0 fully saturated rings. The molecule has 0 heterocycles. The van der Waals surface area contributed by atoms with Crippen molar-refractivity contribution in [1.82, 2.24) is 5.32 Å². The van der Waals surface area contributed by atoms with Crippen molar-refractivity contribution >= 4 is 33.2 Å². The van der Waals surface area contributed by atoms with Crippen molar-refractivity contribution in [3.05, 3.63) is 58.6 Å². The molecule has 0 aliphatic rings. The number of sulfonamides is 1. The number of ether oxygens (including phenoxy) is 1. The third-order valence-electron chi connectivity index (χ3n) is 4.19. The monoisotopic (exact) mass is 424 g/mol. The van der Waals surface area contributed by atoms with E-state index in [2.05, 4.69) is 5.32 Å². The summed E-state index contributed by atoms with van der Waals surface area (Å²) in [7, 11) is -3.63. The number of nitrogens with zero attached hydrogens (tertiary/aromatic N) is 1. The summed E-state index contributed by atoms with van der Waals surface area (Å²) in [5.41, 5.74) is 2.40. The van der Waals surface area contributed by atoms with Crippen LogP contribution in [0.3, 0.4) is 0 Å². The molecule has 0 aliphatic carbocycles. The maximum atomic E-state index is 12.5. The molecule has 0 unspecified atom stereocenters. The van der Waals surface area contributed by atoms with Crippen molar-refractivity contribution in [2.24, 2.45) is 0 Å². The Kier molecular flexibility index (Phi) is 7.32. The maximum absolute atomic E-state index is 12.5. The number of benzene rings is 2. The summed E-state index contributed by atoms with van der Waals surface area (Å²) in [5.74, 6) is 0.201. The van der Waals surface area contributed by atoms with E-state index in [1.165, 1.54) is 0 Å². The van der Waals surface area contributed by atoms with Crippen LogP contribution in [-0.2, 0) is 14.8 Å². The zero-order valence-electron chi connectivity index (χ0n) is 16.4. The summed E-state index contributed by atoms with van der Waals surface area (Å²) >= 11 is 6.05. The van der Waals surface area contributed by atoms with Gasteiger partial charge in [0, 0.05) is 5.02 Å². The molecule has 2 aromatic rings. The van der Waals surface area contributed by atoms with Gasteiger partial charge in [0.15, 0.2) is 0 Å². The van der Waals surface area contributed by atoms with Gasteiger partial charge in [-0.2, -0.15) is 0 Å². The Balaban J connectivity index is 1.97. The van der Waals surface area contributed by atoms with E-state index in [0.29, 0.717) is 16.5 Å². The van der Waals surface area contributed by atoms with Gasteiger partial charge < -0.3 is 10.1 Å². The molecule has 0 saturated heterocycles. The van der Waals surface area contributed by atoms with Crippen molar-refractivity contribution in [2.75, 3.05) is 23.7 Å². The summed E-state index contributed by atoms with van der Waals surface area (Å²) in [4.78, 5) is 12.5. The smallest absolute Gasteiger partial charge is 0.243 e. The predicted octanol–water partition coefficient (Wildman–Crippen LogP) is 3.31. The van der Waals surface area contributed by atoms with Crippen LogP contribution < -0.4 is 14.4 Å². The van der Waals surface area contributed by atoms with Crippen molar-refractivity contribution < 1.29 is 17.9 Å². The molecule has 0 aliphatic heterocycles. The molecule has 1 atom stereocenters. The summed E-state index contributed by atoms with van der Waals surface area (Å²) < 4.78 is 31.2. The fourth-order valence-electron chi connectivity index (χ4n) is 2.65. The molecule has 1 amide bonds. The second kappa shape index (κ2) is 9.30. The number of hydrogen-bond donors (Lipinski definition) is 1. The van der Waals surface area contributed by atoms with E-state index in [1.807, 2.05) is 19.9 Å². The second-order valence-electron chi connectivity index (χ2n) is 6.62. The predicted molar refractivity (Wildman–Crippen MR) is 113 cm³/mol. The highest BCUT2D eigenvalue weighted by Crippen LogP contribution is 2.22. The molecule has 0 saturated carbocycles. The minimum atomic E-state index is -3.63. The summed E-state index contributed by atoms with van der Waals surface area (Å²) in [6, 6.07) is 11.4. The minimum absolute atomic E-state index is 0.236. The SMILES string of the molecule is Cc1ccc(N([C@@H](C)C(=O)NCCOc2ccc(C)c(Cl)c2)S(C)(=O)=O)cc1. The van der Waals surface area contributed by atoms with Gasteiger partial charge in [0.05, 0.1) is 18.5 Å². The Labute approximate surface area is 171 Å². The molecular formula is C20H25ClN2O4S. The average Bonchev–Trinajstić information content (AvgIpc) is 2.62. The Morgan fingerprint density at radius 2 is 1.82 bits per heavy atom. The van der Waals surface area contributed by atoms with Gasteiger partial charge in [0.25, 0.3) is 0 Å². The Hall–Kier alpha value is -2.25. The fourth-order valence-corrected chi connectivity index (χ4v) is 4.00. The van der Waals surface area contributed by atoms with Crippen LogP contribution in [0.1, 0.15) is 18.1 Å². The van der Waals surface area contributed by atoms with Crippen LogP contribution in [0.15, 0.2) is 42.5 Å². The first kappa shape index (κ1) is 22.0. The van der Waals surface area contributed by atoms with Gasteiger partial charge in [-0.3, -0.25) is 9.10 Å². The molecule has 0 bridgehead atoms. The number of anilines is 1. The van der Waals surface area contributed by atoms with E-state index < -0.39 is 22.0 Å². The summed E-state index contributed by atoms with van der Waals surface area (Å²) in [6.45, 7) is 5.83. The standard InChI is InChI=1S/C20H25ClN2O4S/c1-14-5-8-17(9-6-14)23(28(4,25)26)16(3)20(24)22-11-12-27-18-10-7-15(2)19(21)13-18/h5-10,13,16H,11-12H2,1-4H3,(H,22,24)/t16-/m0/s1. The van der Waals surface area contributed by atoms with Crippen molar-refractivity contribution in [3.8, 4) is 5.75 Å². The Morgan fingerprint density at radius 3 is 2.39 bits per heavy atom. The number of halogens is 1. The summed E-state index contributed by atoms with van der Waals surface area (Å²) in [5, 5.41) is 3.32. The van der Waals surface area contributed by atoms with Crippen LogP contribution in [0, 0.1) is 13.8 Å². The van der Waals surface area contributed by atoms with Gasteiger partial charge in [-0.25, -0.2) is 8.42 Å². The normalized spacial score (nSPS) is 12.3. The Morgan fingerprint density at radius 1 is 1.18 bits per heavy atom. The lowest BCUT2D eigenvalue weighted by Gasteiger charge is -2.28. The molecule has 2 aromatic carbocycles. The number of hydrogen-bond acceptors (Lipinski definition) is 4. The van der Waals surface area contributed by atoms with Gasteiger partial charge in [0.2, 0.25) is 15.9 Å². The van der Waals surface area contributed by atoms with Crippen molar-refractivity contribution in [3.63, 3.8) is 0 Å². The lowest BCUT2D eigenvalue weighted by molar-refractivity contribution is -0.121. The molecule has 152 valence electrons. The highest BCUT2D eigenvalue weighted by molar-refractivity contribution is 7.92. The number of rotatable bonds is 8. The van der Waals surface area contributed by atoms with E-state index in [4.69, 9.17) is 16.3 Å². The molecule has 0 spiro atoms. The van der Waals surface area contributed by atoms with Gasteiger partial charge in [0.1, 0.15) is 18.4 Å². The number of nitrogens with one attached hydrogen (secondary N) is 1. The Bertz CT molecular complexity index is 930. The van der Waals surface area contributed by atoms with Gasteiger partial charge in [-0.1, -0.05) is 35.4 Å². The minimum Gasteiger partial charge on any atom is -0.492 e. The second-order valence-corrected chi connectivity index (χ2v) is 8.89. The van der Waals surface area contributed by atoms with E-state index in [1.54, 1.807) is 43.3 Å². The topological polar surface area (TPSA) is 75.7 Å². The van der Waals surface area contributed by atoms with Crippen molar-refractivity contribution in [1.29, 1.82) is 0 Å². The van der Waals surface area contributed by atoms with Crippen LogP contribution in [0.25, 0.3) is 0 Å². The largest absolute Gasteiger partial charge is 0.492 e. The molecule has 1 N–H and O–H groups in total. The molecular weight excluding hydrogens is 400 g/mol. The number of carbonyl (C=O) groups excluding carboxylic acids is 1. The van der Waals surface area contributed by atoms with E-state index in [0.717, 1.165) is 21.7 Å². The molecule has 6 nitrogen and oxygen atoms in total. The number of carbonyl (C=O) groups is 1. The van der Waals surface area contributed by atoms with Crippen LogP contribution >= 0.6 is 11.6 Å². The molecule has 0 aromatic heterocycles. The number of aryl methyl sites for hydroxylation is 2. The molecule has 8 heteroatoms. The molecule has 0 radical (unpaired) electrons. The quantitative estimate of drug-likeness (QED) is 0.659.